The number of rotatable bonds is 18. The molecule has 0 amide bonds. The van der Waals surface area contributed by atoms with E-state index in [1.54, 1.807) is 36.4 Å². The summed E-state index contributed by atoms with van der Waals surface area (Å²) in [6.45, 7) is -1.05. The van der Waals surface area contributed by atoms with Crippen LogP contribution in [0.3, 0.4) is 0 Å². The Balaban J connectivity index is 0.000000126. The lowest BCUT2D eigenvalue weighted by Crippen LogP contribution is -2.62. The first-order chi connectivity index (χ1) is 70.8. The van der Waals surface area contributed by atoms with Gasteiger partial charge in [0.15, 0.2) is 107 Å². The van der Waals surface area contributed by atoms with Gasteiger partial charge in [-0.15, -0.1) is 34.0 Å². The number of methoxy groups -OCH3 is 6. The molecule has 9 saturated heterocycles. The van der Waals surface area contributed by atoms with Crippen LogP contribution in [0.2, 0.25) is 0 Å². The zero-order chi connectivity index (χ0) is 104. The van der Waals surface area contributed by atoms with Gasteiger partial charge in [0.25, 0.3) is 0 Å². The molecular formula is C96H96O39S3. The minimum atomic E-state index is -3.11. The fraction of sp³-hybridized carbons (Fsp3) is 0.469. The van der Waals surface area contributed by atoms with Crippen LogP contribution in [0.1, 0.15) is 133 Å². The lowest BCUT2D eigenvalue weighted by atomic mass is 9.66. The maximum absolute atomic E-state index is 13.8. The minimum Gasteiger partial charge on any atom is -0.502 e. The van der Waals surface area contributed by atoms with E-state index in [4.69, 9.17) is 136 Å². The molecule has 15 heterocycles. The smallest absolute Gasteiger partial charge is 0.310 e. The second-order valence-electron chi connectivity index (χ2n) is 34.3. The highest BCUT2D eigenvalue weighted by atomic mass is 32.1. The summed E-state index contributed by atoms with van der Waals surface area (Å²) in [5.41, 5.74) is 2.52. The van der Waals surface area contributed by atoms with Crippen molar-refractivity contribution in [2.45, 2.75) is 147 Å². The number of aliphatic hydroxyl groups excluding tert-OH is 6. The third-order valence-electron chi connectivity index (χ3n) is 26.9. The monoisotopic (exact) mass is 1980 g/mol. The van der Waals surface area contributed by atoms with Crippen molar-refractivity contribution in [2.75, 3.05) is 103 Å². The van der Waals surface area contributed by atoms with E-state index in [1.165, 1.54) is 86.7 Å². The molecule has 39 nitrogen and oxygen atoms in total. The number of hydrogen-bond donors (Lipinski definition) is 9. The predicted octanol–water partition coefficient (Wildman–Crippen LogP) is 8.26. The molecule has 15 aliphatic rings. The van der Waals surface area contributed by atoms with Crippen LogP contribution in [0.4, 0.5) is 0 Å². The molecule has 9 N–H and O–H groups in total. The van der Waals surface area contributed by atoms with Crippen molar-refractivity contribution < 1.29 is 202 Å². The van der Waals surface area contributed by atoms with Gasteiger partial charge in [-0.3, -0.25) is 14.4 Å². The average molecular weight is 1980 g/mol. The minimum absolute atomic E-state index is 0.0194. The number of thiophene rings is 3. The number of ether oxygens (including phenoxy) is 27. The Bertz CT molecular complexity index is 6440. The lowest BCUT2D eigenvalue weighted by Gasteiger charge is -2.48. The van der Waals surface area contributed by atoms with Crippen molar-refractivity contribution >= 4 is 51.9 Å². The van der Waals surface area contributed by atoms with Crippen molar-refractivity contribution in [1.82, 2.24) is 0 Å². The maximum Gasteiger partial charge on any atom is 0.310 e. The summed E-state index contributed by atoms with van der Waals surface area (Å²) in [5, 5.41) is 105. The fourth-order valence-electron chi connectivity index (χ4n) is 20.4. The number of fused-ring (bicyclic) bond motifs is 12. The summed E-state index contributed by atoms with van der Waals surface area (Å²) >= 11 is 4.27. The van der Waals surface area contributed by atoms with Crippen LogP contribution in [0, 0.1) is 35.4 Å². The van der Waals surface area contributed by atoms with E-state index in [-0.39, 0.29) is 134 Å². The number of aromatic hydroxyl groups is 3. The molecule has 6 aromatic carbocycles. The van der Waals surface area contributed by atoms with Crippen LogP contribution in [-0.2, 0) is 85.4 Å². The number of phenolic OH excluding ortho intramolecular Hbond substituents is 3. The van der Waals surface area contributed by atoms with Crippen LogP contribution in [0.25, 0.3) is 0 Å². The second kappa shape index (κ2) is 37.6. The summed E-state index contributed by atoms with van der Waals surface area (Å²) in [7, 11) is -0.795. The number of cyclic esters (lactones) is 3. The predicted molar refractivity (Wildman–Crippen MR) is 468 cm³/mol. The lowest BCUT2D eigenvalue weighted by molar-refractivity contribution is -0.368. The molecular weight excluding hydrogens is 1870 g/mol. The summed E-state index contributed by atoms with van der Waals surface area (Å²) in [4.78, 5) is 43.5. The summed E-state index contributed by atoms with van der Waals surface area (Å²) < 4.78 is 241. The SMILES string of the molecule is [2H]C([2H])([2H])Oc1cc([C@@H]2c3cc4c(cc3[C@@H](O[C@@H]3O[C@@H]5CO[C@@H](c6cccs6)O[C@H]5[C@H](O)[C@H]3O)[C@H]3COC(=O)[C@]23[2H])OCO4)cc(OC([2H])([2H])[2H])c1O.[2H][C@@]1(c2cc(OC)c(O)c(OC)c2)c2cc3c(cc2[C@@H](O[C@@H]2O[C@@H]4CO[C@@H](c5cccs5)O[C@H]4[C@H](O)[C@H]2O)[C@H]2COC(=O)[C@@]21[2H])OCO3.[2H][C@]12C(=O)OC[C@@H]1[C@H](O[C@@H]1O[C@@H]3CO[C@@H](c4cccs4)O[C@H]3[C@H](O)[C@H]1O)c1cc3c(cc1[C@H]2c1cc(OC)c(O)c(OC)c1)OCO3. The van der Waals surface area contributed by atoms with Crippen molar-refractivity contribution in [3.05, 3.63) is 190 Å². The number of carbonyl (C=O) groups excluding carboxylic acids is 3. The molecule has 732 valence electrons. The number of carbonyl (C=O) groups is 3. The Morgan fingerprint density at radius 2 is 0.630 bits per heavy atom. The van der Waals surface area contributed by atoms with Crippen LogP contribution in [0.5, 0.6) is 86.2 Å². The Morgan fingerprint density at radius 1 is 0.341 bits per heavy atom. The molecule has 0 unspecified atom stereocenters. The number of phenols is 3. The molecule has 3 aromatic heterocycles. The quantitative estimate of drug-likeness (QED) is 0.0288. The van der Waals surface area contributed by atoms with Gasteiger partial charge in [-0.2, -0.15) is 0 Å². The van der Waals surface area contributed by atoms with E-state index in [2.05, 4.69) is 0 Å². The van der Waals surface area contributed by atoms with Gasteiger partial charge in [0, 0.05) is 41.0 Å². The molecule has 0 spiro atoms. The van der Waals surface area contributed by atoms with Gasteiger partial charge < -0.3 is 174 Å². The van der Waals surface area contributed by atoms with Gasteiger partial charge in [-0.1, -0.05) is 18.2 Å². The maximum atomic E-state index is 13.8. The topological polar surface area (TPSA) is 482 Å². The van der Waals surface area contributed by atoms with Gasteiger partial charge in [0.1, 0.15) is 73.2 Å². The van der Waals surface area contributed by atoms with Crippen LogP contribution in [0.15, 0.2) is 125 Å². The molecule has 24 rings (SSSR count). The summed E-state index contributed by atoms with van der Waals surface area (Å²) in [5.74, 6) is -17.9. The van der Waals surface area contributed by atoms with Crippen molar-refractivity contribution in [3.63, 3.8) is 0 Å². The normalized spacial score (nSPS) is 37.7. The van der Waals surface area contributed by atoms with Gasteiger partial charge in [-0.05, 0) is 157 Å². The summed E-state index contributed by atoms with van der Waals surface area (Å²) in [6.07, 6.45) is -24.5. The number of hydrogen-bond acceptors (Lipinski definition) is 42. The van der Waals surface area contributed by atoms with Gasteiger partial charge in [0.2, 0.25) is 37.6 Å². The molecule has 9 aromatic rings. The zero-order valence-corrected chi connectivity index (χ0v) is 75.4. The Labute approximate surface area is 811 Å². The molecule has 0 radical (unpaired) electrons. The Morgan fingerprint density at radius 3 is 0.942 bits per heavy atom. The van der Waals surface area contributed by atoms with Gasteiger partial charge in [-0.25, -0.2) is 0 Å². The number of aliphatic hydroxyl groups is 6. The van der Waals surface area contributed by atoms with Crippen molar-refractivity contribution in [3.8, 4) is 86.2 Å². The molecule has 42 heteroatoms. The highest BCUT2D eigenvalue weighted by Crippen LogP contribution is 2.63. The largest absolute Gasteiger partial charge is 0.502 e. The van der Waals surface area contributed by atoms with Crippen LogP contribution in [-0.4, -0.2) is 259 Å². The molecule has 30 atom stereocenters. The van der Waals surface area contributed by atoms with E-state index in [9.17, 15) is 65.8 Å². The van der Waals surface area contributed by atoms with Gasteiger partial charge in [0.05, 0.1) is 141 Å². The first-order valence-corrected chi connectivity index (χ1v) is 46.4. The average Bonchev–Trinajstić information content (AvgIpc) is 1.43. The van der Waals surface area contributed by atoms with Crippen molar-refractivity contribution in [1.29, 1.82) is 0 Å². The Hall–Kier alpha value is -10.9. The fourth-order valence-corrected chi connectivity index (χ4v) is 22.5. The standard InChI is InChI=1S/3C32H32O13S/c3*1-37-19-6-13(7-20(38-2)25(19)33)23-14-8-17-18(42-12-41-17)9-15(14)28(16-10-39-30(36)24(16)23)44-32-27(35)26(34)29-21(43-32)11-40-31(45-29)22-4-3-5-46-22/h3*3-9,16,21,23-24,26-29,31-35H,10-12H2,1-2H3/t3*16-,21+,23+,24-,26+,27+,28+,29+,31+,32-/m000/s1/i1D3,2D3,24D;23D,24D;24D. The summed E-state index contributed by atoms with van der Waals surface area (Å²) in [6, 6.07) is 28.6. The van der Waals surface area contributed by atoms with Crippen LogP contribution < -0.4 is 56.8 Å². The second-order valence-corrected chi connectivity index (χ2v) is 37.2. The van der Waals surface area contributed by atoms with Gasteiger partial charge >= 0.3 is 17.9 Å². The number of benzene rings is 6. The van der Waals surface area contributed by atoms with E-state index in [0.29, 0.717) is 45.1 Å². The molecule has 0 saturated carbocycles. The third-order valence-corrected chi connectivity index (χ3v) is 29.6. The third kappa shape index (κ3) is 16.1. The Kier molecular flexibility index (Phi) is 22.0. The highest BCUT2D eigenvalue weighted by Gasteiger charge is 2.62. The molecule has 9 fully saturated rings. The highest BCUT2D eigenvalue weighted by molar-refractivity contribution is 7.10. The molecule has 138 heavy (non-hydrogen) atoms. The van der Waals surface area contributed by atoms with Crippen LogP contribution >= 0.6 is 34.0 Å². The van der Waals surface area contributed by atoms with E-state index in [0.717, 1.165) is 26.8 Å². The molecule has 3 aliphatic carbocycles. The first-order valence-electron chi connectivity index (χ1n) is 48.7. The van der Waals surface area contributed by atoms with E-state index < -0.39 is 232 Å². The van der Waals surface area contributed by atoms with Crippen molar-refractivity contribution in [2.24, 2.45) is 35.4 Å². The molecule has 0 bridgehead atoms. The van der Waals surface area contributed by atoms with E-state index in [1.807, 2.05) is 52.5 Å². The molecule has 12 aliphatic heterocycles. The zero-order valence-electron chi connectivity index (χ0n) is 83.0. The van der Waals surface area contributed by atoms with E-state index >= 15 is 0 Å². The first kappa shape index (κ1) is 80.9. The number of esters is 3.